The highest BCUT2D eigenvalue weighted by atomic mass is 16.5. The quantitative estimate of drug-likeness (QED) is 0.698. The second-order valence-corrected chi connectivity index (χ2v) is 4.39. The Hall–Kier alpha value is -2.88. The van der Waals surface area contributed by atoms with Crippen LogP contribution < -0.4 is 5.62 Å². The monoisotopic (exact) mass is 263 g/mol. The van der Waals surface area contributed by atoms with Crippen LogP contribution >= 0.6 is 0 Å². The molecule has 0 amide bonds. The zero-order chi connectivity index (χ0) is 13.9. The van der Waals surface area contributed by atoms with Crippen molar-refractivity contribution in [3.8, 4) is 22.5 Å². The van der Waals surface area contributed by atoms with Crippen LogP contribution in [0.15, 0.2) is 66.7 Å². The van der Waals surface area contributed by atoms with Crippen molar-refractivity contribution in [3.63, 3.8) is 0 Å². The van der Waals surface area contributed by atoms with Crippen molar-refractivity contribution in [2.75, 3.05) is 0 Å². The maximum atomic E-state index is 9.99. The van der Waals surface area contributed by atoms with Gasteiger partial charge in [0.05, 0.1) is 11.4 Å². The Bertz CT molecular complexity index is 780. The SMILES string of the molecule is N=c1nc(-c2ccccc2)cc(-c2ccccc2)n1O. The van der Waals surface area contributed by atoms with E-state index in [-0.39, 0.29) is 5.62 Å². The lowest BCUT2D eigenvalue weighted by Crippen LogP contribution is -2.23. The van der Waals surface area contributed by atoms with Crippen LogP contribution in [0.3, 0.4) is 0 Å². The Kier molecular flexibility index (Phi) is 3.05. The molecule has 0 aliphatic carbocycles. The highest BCUT2D eigenvalue weighted by Gasteiger charge is 2.08. The summed E-state index contributed by atoms with van der Waals surface area (Å²) in [6.45, 7) is 0. The zero-order valence-electron chi connectivity index (χ0n) is 10.7. The van der Waals surface area contributed by atoms with Crippen LogP contribution in [0.5, 0.6) is 0 Å². The predicted octanol–water partition coefficient (Wildman–Crippen LogP) is 2.93. The van der Waals surface area contributed by atoms with E-state index < -0.39 is 0 Å². The first-order chi connectivity index (χ1) is 9.75. The van der Waals surface area contributed by atoms with E-state index in [1.165, 1.54) is 0 Å². The van der Waals surface area contributed by atoms with E-state index in [4.69, 9.17) is 5.41 Å². The summed E-state index contributed by atoms with van der Waals surface area (Å²) in [5.74, 6) is 0. The minimum atomic E-state index is -0.190. The maximum Gasteiger partial charge on any atom is 0.256 e. The summed E-state index contributed by atoms with van der Waals surface area (Å²) in [6, 6.07) is 20.9. The van der Waals surface area contributed by atoms with E-state index in [9.17, 15) is 5.21 Å². The van der Waals surface area contributed by atoms with E-state index in [0.29, 0.717) is 11.4 Å². The van der Waals surface area contributed by atoms with Crippen molar-refractivity contribution < 1.29 is 5.21 Å². The van der Waals surface area contributed by atoms with Gasteiger partial charge in [0.2, 0.25) is 0 Å². The average molecular weight is 263 g/mol. The van der Waals surface area contributed by atoms with Gasteiger partial charge in [0.25, 0.3) is 5.62 Å². The van der Waals surface area contributed by atoms with Crippen molar-refractivity contribution in [1.82, 2.24) is 9.71 Å². The van der Waals surface area contributed by atoms with E-state index in [2.05, 4.69) is 4.98 Å². The summed E-state index contributed by atoms with van der Waals surface area (Å²) in [7, 11) is 0. The summed E-state index contributed by atoms with van der Waals surface area (Å²) < 4.78 is 0.793. The first-order valence-corrected chi connectivity index (χ1v) is 6.24. The van der Waals surface area contributed by atoms with Gasteiger partial charge in [-0.3, -0.25) is 5.41 Å². The van der Waals surface area contributed by atoms with Gasteiger partial charge in [-0.1, -0.05) is 60.7 Å². The van der Waals surface area contributed by atoms with Crippen molar-refractivity contribution in [2.24, 2.45) is 0 Å². The molecule has 2 aromatic carbocycles. The maximum absolute atomic E-state index is 9.99. The third-order valence-electron chi connectivity index (χ3n) is 3.07. The number of hydrogen-bond donors (Lipinski definition) is 2. The van der Waals surface area contributed by atoms with Gasteiger partial charge in [-0.05, 0) is 6.07 Å². The Balaban J connectivity index is 2.22. The average Bonchev–Trinajstić information content (AvgIpc) is 2.51. The van der Waals surface area contributed by atoms with Crippen molar-refractivity contribution in [2.45, 2.75) is 0 Å². The Morgan fingerprint density at radius 3 is 2.00 bits per heavy atom. The minimum Gasteiger partial charge on any atom is -0.425 e. The van der Waals surface area contributed by atoms with Crippen LogP contribution in [0, 0.1) is 5.41 Å². The Morgan fingerprint density at radius 1 is 0.850 bits per heavy atom. The zero-order valence-corrected chi connectivity index (χ0v) is 10.7. The van der Waals surface area contributed by atoms with E-state index in [0.717, 1.165) is 15.9 Å². The standard InChI is InChI=1S/C16H13N3O/c17-16-18-14(12-7-3-1-4-8-12)11-15(19(16)20)13-9-5-2-6-10-13/h1-11,17,20H. The van der Waals surface area contributed by atoms with Gasteiger partial charge in [-0.15, -0.1) is 4.73 Å². The van der Waals surface area contributed by atoms with Gasteiger partial charge >= 0.3 is 0 Å². The van der Waals surface area contributed by atoms with Gasteiger partial charge in [-0.2, -0.15) is 0 Å². The molecule has 0 unspecified atom stereocenters. The third kappa shape index (κ3) is 2.19. The number of benzene rings is 2. The molecule has 0 saturated carbocycles. The molecule has 3 rings (SSSR count). The number of nitrogens with one attached hydrogen (secondary N) is 1. The van der Waals surface area contributed by atoms with Gasteiger partial charge in [0.1, 0.15) is 0 Å². The van der Waals surface area contributed by atoms with Crippen LogP contribution in [-0.4, -0.2) is 14.9 Å². The second-order valence-electron chi connectivity index (χ2n) is 4.39. The summed E-state index contributed by atoms with van der Waals surface area (Å²) in [4.78, 5) is 4.11. The molecular weight excluding hydrogens is 250 g/mol. The first kappa shape index (κ1) is 12.2. The molecule has 4 heteroatoms. The lowest BCUT2D eigenvalue weighted by atomic mass is 10.1. The molecule has 0 aliphatic heterocycles. The molecule has 0 atom stereocenters. The lowest BCUT2D eigenvalue weighted by molar-refractivity contribution is 0.170. The number of nitrogens with zero attached hydrogens (tertiary/aromatic N) is 2. The summed E-state index contributed by atoms with van der Waals surface area (Å²) in [5.41, 5.74) is 2.77. The number of hydrogen-bond acceptors (Lipinski definition) is 3. The Morgan fingerprint density at radius 2 is 1.40 bits per heavy atom. The summed E-state index contributed by atoms with van der Waals surface area (Å²) >= 11 is 0. The van der Waals surface area contributed by atoms with E-state index >= 15 is 0 Å². The molecule has 4 nitrogen and oxygen atoms in total. The molecule has 0 fully saturated rings. The molecule has 0 bridgehead atoms. The van der Waals surface area contributed by atoms with Crippen molar-refractivity contribution >= 4 is 0 Å². The number of rotatable bonds is 2. The number of aromatic nitrogens is 2. The fourth-order valence-electron chi connectivity index (χ4n) is 2.07. The smallest absolute Gasteiger partial charge is 0.256 e. The molecular formula is C16H13N3O. The van der Waals surface area contributed by atoms with Gasteiger partial charge in [0.15, 0.2) is 0 Å². The van der Waals surface area contributed by atoms with Crippen LogP contribution in [0.25, 0.3) is 22.5 Å². The highest BCUT2D eigenvalue weighted by molar-refractivity contribution is 5.67. The molecule has 0 radical (unpaired) electrons. The minimum absolute atomic E-state index is 0.190. The molecule has 0 aliphatic rings. The molecule has 2 N–H and O–H groups in total. The highest BCUT2D eigenvalue weighted by Crippen LogP contribution is 2.22. The summed E-state index contributed by atoms with van der Waals surface area (Å²) in [6.07, 6.45) is 0. The molecule has 1 heterocycles. The fourth-order valence-corrected chi connectivity index (χ4v) is 2.07. The largest absolute Gasteiger partial charge is 0.425 e. The molecule has 20 heavy (non-hydrogen) atoms. The molecule has 3 aromatic rings. The lowest BCUT2D eigenvalue weighted by Gasteiger charge is -2.09. The van der Waals surface area contributed by atoms with Crippen LogP contribution in [0.2, 0.25) is 0 Å². The molecule has 1 aromatic heterocycles. The van der Waals surface area contributed by atoms with Gasteiger partial charge in [0, 0.05) is 11.1 Å². The topological polar surface area (TPSA) is 61.9 Å². The van der Waals surface area contributed by atoms with E-state index in [1.807, 2.05) is 60.7 Å². The fraction of sp³-hybridized carbons (Fsp3) is 0. The van der Waals surface area contributed by atoms with E-state index in [1.54, 1.807) is 6.07 Å². The van der Waals surface area contributed by atoms with Crippen LogP contribution in [-0.2, 0) is 0 Å². The first-order valence-electron chi connectivity index (χ1n) is 6.24. The van der Waals surface area contributed by atoms with Gasteiger partial charge < -0.3 is 5.21 Å². The summed E-state index contributed by atoms with van der Waals surface area (Å²) in [5, 5.41) is 17.8. The van der Waals surface area contributed by atoms with Crippen molar-refractivity contribution in [3.05, 3.63) is 72.3 Å². The second kappa shape index (κ2) is 5.01. The molecule has 0 spiro atoms. The molecule has 0 saturated heterocycles. The van der Waals surface area contributed by atoms with Crippen LogP contribution in [0.4, 0.5) is 0 Å². The molecule has 98 valence electrons. The van der Waals surface area contributed by atoms with Crippen molar-refractivity contribution in [1.29, 1.82) is 5.41 Å². The third-order valence-corrected chi connectivity index (χ3v) is 3.07. The Labute approximate surface area is 116 Å². The van der Waals surface area contributed by atoms with Crippen LogP contribution in [0.1, 0.15) is 0 Å². The van der Waals surface area contributed by atoms with Gasteiger partial charge in [-0.25, -0.2) is 4.98 Å². The normalized spacial score (nSPS) is 10.4. The predicted molar refractivity (Wildman–Crippen MR) is 76.1 cm³/mol.